The van der Waals surface area contributed by atoms with Gasteiger partial charge in [0.25, 0.3) is 0 Å². The van der Waals surface area contributed by atoms with E-state index in [1.807, 2.05) is 18.2 Å². The highest BCUT2D eigenvalue weighted by Crippen LogP contribution is 2.58. The van der Waals surface area contributed by atoms with Gasteiger partial charge in [-0.05, 0) is 43.2 Å². The summed E-state index contributed by atoms with van der Waals surface area (Å²) in [6, 6.07) is 5.91. The third kappa shape index (κ3) is 1.45. The Morgan fingerprint density at radius 3 is 2.72 bits per heavy atom. The number of hydrogen-bond donors (Lipinski definition) is 2. The van der Waals surface area contributed by atoms with E-state index in [1.165, 1.54) is 25.0 Å². The van der Waals surface area contributed by atoms with Gasteiger partial charge in [-0.2, -0.15) is 5.10 Å². The Morgan fingerprint density at radius 2 is 2.00 bits per heavy atom. The zero-order valence-corrected chi connectivity index (χ0v) is 10.1. The molecule has 2 heterocycles. The minimum Gasteiger partial charge on any atom is -0.382 e. The Kier molecular flexibility index (Phi) is 2.01. The molecule has 4 heteroatoms. The molecule has 2 saturated carbocycles. The van der Waals surface area contributed by atoms with Crippen LogP contribution < -0.4 is 5.73 Å². The molecule has 18 heavy (non-hydrogen) atoms. The summed E-state index contributed by atoms with van der Waals surface area (Å²) in [4.78, 5) is 4.40. The number of hydrogen-bond acceptors (Lipinski definition) is 3. The molecule has 2 atom stereocenters. The van der Waals surface area contributed by atoms with Gasteiger partial charge in [0.2, 0.25) is 0 Å². The lowest BCUT2D eigenvalue weighted by Crippen LogP contribution is -2.00. The predicted octanol–water partition coefficient (Wildman–Crippen LogP) is 2.57. The quantitative estimate of drug-likeness (QED) is 0.847. The Balaban J connectivity index is 1.76. The van der Waals surface area contributed by atoms with Crippen LogP contribution in [0.1, 0.15) is 30.9 Å². The fourth-order valence-electron chi connectivity index (χ4n) is 3.40. The largest absolute Gasteiger partial charge is 0.382 e. The van der Waals surface area contributed by atoms with Crippen molar-refractivity contribution in [2.45, 2.75) is 25.2 Å². The fraction of sp³-hybridized carbons (Fsp3) is 0.429. The normalized spacial score (nSPS) is 29.2. The molecule has 92 valence electrons. The van der Waals surface area contributed by atoms with E-state index < -0.39 is 0 Å². The molecule has 2 aliphatic carbocycles. The maximum Gasteiger partial charge on any atom is 0.154 e. The van der Waals surface area contributed by atoms with Crippen molar-refractivity contribution in [2.75, 3.05) is 5.73 Å². The minimum absolute atomic E-state index is 0.573. The summed E-state index contributed by atoms with van der Waals surface area (Å²) in [6.07, 6.45) is 5.80. The molecule has 0 bridgehead atoms. The van der Waals surface area contributed by atoms with Crippen LogP contribution >= 0.6 is 0 Å². The Hall–Kier alpha value is -1.84. The summed E-state index contributed by atoms with van der Waals surface area (Å²) in [5, 5.41) is 7.33. The van der Waals surface area contributed by atoms with Gasteiger partial charge in [0.1, 0.15) is 0 Å². The van der Waals surface area contributed by atoms with E-state index in [-0.39, 0.29) is 0 Å². The predicted molar refractivity (Wildman–Crippen MR) is 69.8 cm³/mol. The van der Waals surface area contributed by atoms with Crippen LogP contribution in [0.5, 0.6) is 0 Å². The number of H-pyrrole nitrogens is 1. The van der Waals surface area contributed by atoms with Gasteiger partial charge in [0.05, 0.1) is 11.3 Å². The number of anilines is 1. The SMILES string of the molecule is Nc1n[nH]c(C2CC3CC3C2)c1-c1ccccn1. The van der Waals surface area contributed by atoms with Gasteiger partial charge >= 0.3 is 0 Å². The molecule has 0 saturated heterocycles. The third-order valence-electron chi connectivity index (χ3n) is 4.40. The van der Waals surface area contributed by atoms with Gasteiger partial charge in [-0.15, -0.1) is 0 Å². The second-order valence-corrected chi connectivity index (χ2v) is 5.54. The van der Waals surface area contributed by atoms with Gasteiger partial charge in [0, 0.05) is 17.8 Å². The number of nitrogens with one attached hydrogen (secondary N) is 1. The molecule has 4 nitrogen and oxygen atoms in total. The first-order valence-electron chi connectivity index (χ1n) is 6.58. The first-order chi connectivity index (χ1) is 8.83. The van der Waals surface area contributed by atoms with Crippen LogP contribution in [0.4, 0.5) is 5.82 Å². The highest BCUT2D eigenvalue weighted by atomic mass is 15.2. The van der Waals surface area contributed by atoms with Gasteiger partial charge < -0.3 is 5.73 Å². The standard InChI is InChI=1S/C14H16N4/c15-14-12(11-3-1-2-4-16-11)13(17-18-14)10-6-8-5-9(8)7-10/h1-4,8-10H,5-7H2,(H3,15,17,18). The fourth-order valence-corrected chi connectivity index (χ4v) is 3.40. The molecule has 3 N–H and O–H groups in total. The molecule has 0 aliphatic heterocycles. The average molecular weight is 240 g/mol. The molecule has 2 aromatic rings. The highest BCUT2D eigenvalue weighted by Gasteiger charge is 2.47. The van der Waals surface area contributed by atoms with Crippen molar-refractivity contribution in [1.82, 2.24) is 15.2 Å². The van der Waals surface area contributed by atoms with E-state index in [9.17, 15) is 0 Å². The highest BCUT2D eigenvalue weighted by molar-refractivity contribution is 5.74. The zero-order valence-electron chi connectivity index (χ0n) is 10.1. The van der Waals surface area contributed by atoms with E-state index in [4.69, 9.17) is 5.73 Å². The third-order valence-corrected chi connectivity index (χ3v) is 4.40. The molecule has 0 spiro atoms. The first-order valence-corrected chi connectivity index (χ1v) is 6.58. The van der Waals surface area contributed by atoms with Crippen molar-refractivity contribution < 1.29 is 0 Å². The van der Waals surface area contributed by atoms with Gasteiger partial charge in [-0.25, -0.2) is 0 Å². The van der Waals surface area contributed by atoms with Crippen LogP contribution in [0.15, 0.2) is 24.4 Å². The monoisotopic (exact) mass is 240 g/mol. The van der Waals surface area contributed by atoms with Gasteiger partial charge in [-0.3, -0.25) is 10.1 Å². The lowest BCUT2D eigenvalue weighted by Gasteiger charge is -2.12. The average Bonchev–Trinajstić information content (AvgIpc) is 2.85. The van der Waals surface area contributed by atoms with Crippen molar-refractivity contribution in [2.24, 2.45) is 11.8 Å². The minimum atomic E-state index is 0.573. The lowest BCUT2D eigenvalue weighted by molar-refractivity contribution is 0.607. The molecule has 2 unspecified atom stereocenters. The first kappa shape index (κ1) is 10.1. The summed E-state index contributed by atoms with van der Waals surface area (Å²) in [7, 11) is 0. The second-order valence-electron chi connectivity index (χ2n) is 5.54. The summed E-state index contributed by atoms with van der Waals surface area (Å²) in [5.41, 5.74) is 9.14. The number of fused-ring (bicyclic) bond motifs is 1. The van der Waals surface area contributed by atoms with E-state index in [1.54, 1.807) is 6.20 Å². The molecule has 0 aromatic carbocycles. The zero-order chi connectivity index (χ0) is 12.1. The molecular weight excluding hydrogens is 224 g/mol. The molecule has 2 fully saturated rings. The molecule has 0 amide bonds. The molecule has 4 rings (SSSR count). The van der Waals surface area contributed by atoms with Crippen molar-refractivity contribution >= 4 is 5.82 Å². The maximum atomic E-state index is 6.00. The number of rotatable bonds is 2. The lowest BCUT2D eigenvalue weighted by atomic mass is 9.95. The van der Waals surface area contributed by atoms with Crippen LogP contribution in [-0.4, -0.2) is 15.2 Å². The second kappa shape index (κ2) is 3.57. The molecule has 2 aliphatic rings. The van der Waals surface area contributed by atoms with E-state index in [0.717, 1.165) is 23.1 Å². The van der Waals surface area contributed by atoms with E-state index in [0.29, 0.717) is 11.7 Å². The Bertz CT molecular complexity index is 565. The topological polar surface area (TPSA) is 67.6 Å². The van der Waals surface area contributed by atoms with E-state index >= 15 is 0 Å². The smallest absolute Gasteiger partial charge is 0.154 e. The van der Waals surface area contributed by atoms with Crippen molar-refractivity contribution in [3.05, 3.63) is 30.1 Å². The summed E-state index contributed by atoms with van der Waals surface area (Å²) in [5.74, 6) is 3.08. The van der Waals surface area contributed by atoms with Gasteiger partial charge in [0.15, 0.2) is 5.82 Å². The maximum absolute atomic E-state index is 6.00. The Morgan fingerprint density at radius 1 is 1.17 bits per heavy atom. The molecule has 2 aromatic heterocycles. The van der Waals surface area contributed by atoms with Crippen LogP contribution in [0.25, 0.3) is 11.3 Å². The summed E-state index contributed by atoms with van der Waals surface area (Å²) in [6.45, 7) is 0. The number of aromatic nitrogens is 3. The van der Waals surface area contributed by atoms with Crippen LogP contribution in [-0.2, 0) is 0 Å². The molecular formula is C14H16N4. The number of nitrogens with two attached hydrogens (primary N) is 1. The van der Waals surface area contributed by atoms with Gasteiger partial charge in [-0.1, -0.05) is 6.07 Å². The number of nitrogen functional groups attached to an aromatic ring is 1. The van der Waals surface area contributed by atoms with Crippen LogP contribution in [0.2, 0.25) is 0 Å². The number of pyridine rings is 1. The summed E-state index contributed by atoms with van der Waals surface area (Å²) >= 11 is 0. The number of nitrogens with zero attached hydrogens (tertiary/aromatic N) is 2. The van der Waals surface area contributed by atoms with Crippen molar-refractivity contribution in [3.63, 3.8) is 0 Å². The summed E-state index contributed by atoms with van der Waals surface area (Å²) < 4.78 is 0. The number of aromatic amines is 1. The van der Waals surface area contributed by atoms with Crippen molar-refractivity contribution in [3.8, 4) is 11.3 Å². The Labute approximate surface area is 106 Å². The van der Waals surface area contributed by atoms with Crippen molar-refractivity contribution in [1.29, 1.82) is 0 Å². The van der Waals surface area contributed by atoms with E-state index in [2.05, 4.69) is 15.2 Å². The van der Waals surface area contributed by atoms with Crippen LogP contribution in [0.3, 0.4) is 0 Å². The molecule has 0 radical (unpaired) electrons. The van der Waals surface area contributed by atoms with Crippen LogP contribution in [0, 0.1) is 11.8 Å².